The summed E-state index contributed by atoms with van der Waals surface area (Å²) in [7, 11) is 0. The molecule has 3 amide bonds. The lowest BCUT2D eigenvalue weighted by molar-refractivity contribution is -0.121. The molecular formula is C32H35ClN4O4. The van der Waals surface area contributed by atoms with Gasteiger partial charge in [0, 0.05) is 17.1 Å². The second-order valence-electron chi connectivity index (χ2n) is 10.8. The quantitative estimate of drug-likeness (QED) is 0.336. The zero-order valence-corrected chi connectivity index (χ0v) is 23.6. The number of carbonyl (C=O) groups excluding carboxylic acids is 3. The number of carbonyl (C=O) groups is 3. The minimum absolute atomic E-state index is 0.0525. The van der Waals surface area contributed by atoms with Gasteiger partial charge in [0.05, 0.1) is 23.8 Å². The van der Waals surface area contributed by atoms with Gasteiger partial charge in [-0.3, -0.25) is 19.3 Å². The van der Waals surface area contributed by atoms with E-state index < -0.39 is 6.04 Å². The molecule has 214 valence electrons. The Kier molecular flexibility index (Phi) is 9.21. The van der Waals surface area contributed by atoms with Gasteiger partial charge in [0.15, 0.2) is 6.61 Å². The fraction of sp³-hybridized carbons (Fsp3) is 0.344. The number of benzene rings is 3. The van der Waals surface area contributed by atoms with Crippen LogP contribution in [0, 0.1) is 11.8 Å². The number of hydrogen-bond acceptors (Lipinski definition) is 5. The van der Waals surface area contributed by atoms with E-state index in [1.165, 1.54) is 0 Å². The first kappa shape index (κ1) is 28.6. The smallest absolute Gasteiger partial charge is 0.265 e. The maximum Gasteiger partial charge on any atom is 0.265 e. The monoisotopic (exact) mass is 574 g/mol. The summed E-state index contributed by atoms with van der Waals surface area (Å²) in [6.07, 6.45) is 4.42. The van der Waals surface area contributed by atoms with Crippen LogP contribution in [0.15, 0.2) is 72.8 Å². The SMILES string of the molecule is NCC1CCCC(CNC(=O)c2ccc3c(c2)NC(=O)CC(c2ccccc2)N3C(=O)COc2ccc(Cl)cc2)C1. The van der Waals surface area contributed by atoms with E-state index in [4.69, 9.17) is 22.1 Å². The van der Waals surface area contributed by atoms with Crippen LogP contribution in [0.1, 0.15) is 54.1 Å². The second kappa shape index (κ2) is 13.2. The Morgan fingerprint density at radius 1 is 1.02 bits per heavy atom. The molecule has 4 N–H and O–H groups in total. The van der Waals surface area contributed by atoms with E-state index in [0.29, 0.717) is 52.6 Å². The number of fused-ring (bicyclic) bond motifs is 1. The van der Waals surface area contributed by atoms with Gasteiger partial charge in [0.2, 0.25) is 5.91 Å². The van der Waals surface area contributed by atoms with E-state index in [1.54, 1.807) is 47.4 Å². The van der Waals surface area contributed by atoms with Crippen LogP contribution in [0.3, 0.4) is 0 Å². The van der Waals surface area contributed by atoms with Crippen molar-refractivity contribution in [2.45, 2.75) is 38.1 Å². The van der Waals surface area contributed by atoms with Crippen LogP contribution in [0.25, 0.3) is 0 Å². The number of halogens is 1. The van der Waals surface area contributed by atoms with Gasteiger partial charge >= 0.3 is 0 Å². The molecule has 5 rings (SSSR count). The number of rotatable bonds is 8. The average molecular weight is 575 g/mol. The number of amides is 3. The number of nitrogens with zero attached hydrogens (tertiary/aromatic N) is 1. The second-order valence-corrected chi connectivity index (χ2v) is 11.2. The maximum absolute atomic E-state index is 13.7. The maximum atomic E-state index is 13.7. The molecular weight excluding hydrogens is 540 g/mol. The zero-order valence-electron chi connectivity index (χ0n) is 22.9. The van der Waals surface area contributed by atoms with Gasteiger partial charge in [-0.1, -0.05) is 48.4 Å². The lowest BCUT2D eigenvalue weighted by atomic mass is 9.81. The molecule has 1 heterocycles. The van der Waals surface area contributed by atoms with E-state index in [0.717, 1.165) is 31.2 Å². The van der Waals surface area contributed by atoms with E-state index in [-0.39, 0.29) is 30.7 Å². The predicted octanol–water partition coefficient (Wildman–Crippen LogP) is 5.33. The van der Waals surface area contributed by atoms with Crippen LogP contribution >= 0.6 is 11.6 Å². The fourth-order valence-corrected chi connectivity index (χ4v) is 5.89. The minimum atomic E-state index is -0.555. The largest absolute Gasteiger partial charge is 0.484 e. The first-order valence-electron chi connectivity index (χ1n) is 14.1. The van der Waals surface area contributed by atoms with Gasteiger partial charge in [-0.25, -0.2) is 0 Å². The van der Waals surface area contributed by atoms with Gasteiger partial charge in [0.1, 0.15) is 5.75 Å². The summed E-state index contributed by atoms with van der Waals surface area (Å²) in [5, 5.41) is 6.54. The van der Waals surface area contributed by atoms with Crippen molar-refractivity contribution in [2.24, 2.45) is 17.6 Å². The Morgan fingerprint density at radius 3 is 2.54 bits per heavy atom. The van der Waals surface area contributed by atoms with Crippen LogP contribution in [-0.2, 0) is 9.59 Å². The molecule has 3 atom stereocenters. The fourth-order valence-electron chi connectivity index (χ4n) is 5.76. The zero-order chi connectivity index (χ0) is 28.8. The van der Waals surface area contributed by atoms with E-state index in [2.05, 4.69) is 10.6 Å². The van der Waals surface area contributed by atoms with Crippen molar-refractivity contribution in [3.63, 3.8) is 0 Å². The molecule has 1 aliphatic carbocycles. The highest BCUT2D eigenvalue weighted by Crippen LogP contribution is 2.39. The lowest BCUT2D eigenvalue weighted by Gasteiger charge is -2.31. The van der Waals surface area contributed by atoms with Crippen LogP contribution < -0.4 is 26.0 Å². The Bertz CT molecular complexity index is 1380. The summed E-state index contributed by atoms with van der Waals surface area (Å²) in [6.45, 7) is 1.02. The molecule has 1 aliphatic heterocycles. The Labute approximate surface area is 245 Å². The number of ether oxygens (including phenoxy) is 1. The predicted molar refractivity (Wildman–Crippen MR) is 160 cm³/mol. The standard InChI is InChI=1S/C32H35ClN4O4/c33-25-10-12-26(13-11-25)41-20-31(39)37-28-14-9-24(32(40)35-19-22-6-4-5-21(15-22)18-34)16-27(28)36-30(38)17-29(37)23-7-2-1-3-8-23/h1-3,7-14,16,21-22,29H,4-6,15,17-20,34H2,(H,35,40)(H,36,38). The normalized spacial score (nSPS) is 20.4. The Hall–Kier alpha value is -3.88. The molecule has 3 unspecified atom stereocenters. The summed E-state index contributed by atoms with van der Waals surface area (Å²) in [6, 6.07) is 20.7. The van der Waals surface area contributed by atoms with Crippen molar-refractivity contribution in [1.82, 2.24) is 5.32 Å². The topological polar surface area (TPSA) is 114 Å². The molecule has 8 nitrogen and oxygen atoms in total. The molecule has 0 spiro atoms. The Balaban J connectivity index is 1.39. The van der Waals surface area contributed by atoms with Gasteiger partial charge in [-0.05, 0) is 85.7 Å². The number of nitrogens with two attached hydrogens (primary N) is 1. The molecule has 1 saturated carbocycles. The Morgan fingerprint density at radius 2 is 1.78 bits per heavy atom. The van der Waals surface area contributed by atoms with Crippen LogP contribution in [0.2, 0.25) is 5.02 Å². The van der Waals surface area contributed by atoms with Gasteiger partial charge in [0.25, 0.3) is 11.8 Å². The minimum Gasteiger partial charge on any atom is -0.484 e. The molecule has 0 aromatic heterocycles. The van der Waals surface area contributed by atoms with Crippen molar-refractivity contribution in [3.05, 3.63) is 88.9 Å². The molecule has 3 aromatic rings. The molecule has 9 heteroatoms. The third-order valence-electron chi connectivity index (χ3n) is 7.89. The summed E-state index contributed by atoms with van der Waals surface area (Å²) in [5.41, 5.74) is 8.02. The van der Waals surface area contributed by atoms with Gasteiger partial charge in [-0.15, -0.1) is 0 Å². The van der Waals surface area contributed by atoms with Crippen LogP contribution in [-0.4, -0.2) is 37.4 Å². The summed E-state index contributed by atoms with van der Waals surface area (Å²) in [4.78, 5) is 41.5. The van der Waals surface area contributed by atoms with Gasteiger partial charge in [-0.2, -0.15) is 0 Å². The summed E-state index contributed by atoms with van der Waals surface area (Å²) >= 11 is 5.97. The lowest BCUT2D eigenvalue weighted by Crippen LogP contribution is -2.38. The van der Waals surface area contributed by atoms with E-state index in [1.807, 2.05) is 30.3 Å². The number of anilines is 2. The molecule has 0 radical (unpaired) electrons. The molecule has 3 aromatic carbocycles. The first-order valence-corrected chi connectivity index (χ1v) is 14.5. The molecule has 41 heavy (non-hydrogen) atoms. The highest BCUT2D eigenvalue weighted by Gasteiger charge is 2.34. The molecule has 1 fully saturated rings. The van der Waals surface area contributed by atoms with Crippen LogP contribution in [0.4, 0.5) is 11.4 Å². The van der Waals surface area contributed by atoms with Crippen molar-refractivity contribution in [3.8, 4) is 5.75 Å². The van der Waals surface area contributed by atoms with Crippen molar-refractivity contribution < 1.29 is 19.1 Å². The van der Waals surface area contributed by atoms with Crippen molar-refractivity contribution >= 4 is 40.7 Å². The first-order chi connectivity index (χ1) is 19.9. The summed E-state index contributed by atoms with van der Waals surface area (Å²) in [5.74, 6) is 0.633. The van der Waals surface area contributed by atoms with Crippen molar-refractivity contribution in [2.75, 3.05) is 29.9 Å². The highest BCUT2D eigenvalue weighted by molar-refractivity contribution is 6.30. The molecule has 0 bridgehead atoms. The molecule has 0 saturated heterocycles. The average Bonchev–Trinajstić information content (AvgIpc) is 3.15. The van der Waals surface area contributed by atoms with E-state index >= 15 is 0 Å². The number of nitrogens with one attached hydrogen (secondary N) is 2. The number of hydrogen-bond donors (Lipinski definition) is 3. The van der Waals surface area contributed by atoms with Crippen molar-refractivity contribution in [1.29, 1.82) is 0 Å². The highest BCUT2D eigenvalue weighted by atomic mass is 35.5. The summed E-state index contributed by atoms with van der Waals surface area (Å²) < 4.78 is 5.78. The molecule has 2 aliphatic rings. The third kappa shape index (κ3) is 7.07. The van der Waals surface area contributed by atoms with Gasteiger partial charge < -0.3 is 21.1 Å². The van der Waals surface area contributed by atoms with E-state index in [9.17, 15) is 14.4 Å². The third-order valence-corrected chi connectivity index (χ3v) is 8.14. The van der Waals surface area contributed by atoms with Crippen LogP contribution in [0.5, 0.6) is 5.75 Å².